The molecule has 43 heavy (non-hydrogen) atoms. The summed E-state index contributed by atoms with van der Waals surface area (Å²) in [6.45, 7) is 1.87. The van der Waals surface area contributed by atoms with Gasteiger partial charge in [0.15, 0.2) is 6.29 Å². The Morgan fingerprint density at radius 2 is 1.67 bits per heavy atom. The highest BCUT2D eigenvalue weighted by Gasteiger charge is 2.33. The minimum absolute atomic E-state index is 0. The number of aryl methyl sites for hydroxylation is 1. The number of alkyl halides is 3. The van der Waals surface area contributed by atoms with Gasteiger partial charge in [-0.15, -0.1) is 0 Å². The van der Waals surface area contributed by atoms with Crippen molar-refractivity contribution in [2.45, 2.75) is 44.4 Å². The lowest BCUT2D eigenvalue weighted by Gasteiger charge is -2.36. The van der Waals surface area contributed by atoms with Crippen molar-refractivity contribution < 1.29 is 60.8 Å². The summed E-state index contributed by atoms with van der Waals surface area (Å²) in [7, 11) is 4.32. The number of amides is 2. The molecule has 1 heterocycles. The molecule has 0 unspecified atom stereocenters. The zero-order chi connectivity index (χ0) is 30.3. The van der Waals surface area contributed by atoms with E-state index in [1.165, 1.54) is 6.07 Å². The lowest BCUT2D eigenvalue weighted by molar-refractivity contribution is -0.896. The lowest BCUT2D eigenvalue weighted by atomic mass is 9.99. The Morgan fingerprint density at radius 3 is 2.33 bits per heavy atom. The minimum Gasteiger partial charge on any atom is -1.00 e. The molecule has 1 fully saturated rings. The van der Waals surface area contributed by atoms with Crippen molar-refractivity contribution in [1.29, 1.82) is 0 Å². The topological polar surface area (TPSA) is 84.5 Å². The molecule has 3 aromatic rings. The number of carbonyl (C=O) groups excluding carboxylic acids is 3. The molecule has 1 aliphatic heterocycles. The third-order valence-corrected chi connectivity index (χ3v) is 7.43. The molecule has 0 bridgehead atoms. The number of ether oxygens (including phenoxy) is 1. The van der Waals surface area contributed by atoms with Crippen molar-refractivity contribution in [3.63, 3.8) is 0 Å². The number of anilines is 2. The molecule has 0 aliphatic carbocycles. The van der Waals surface area contributed by atoms with E-state index in [1.54, 1.807) is 0 Å². The first kappa shape index (κ1) is 34.0. The van der Waals surface area contributed by atoms with Gasteiger partial charge in [-0.25, -0.2) is 4.79 Å². The van der Waals surface area contributed by atoms with Crippen molar-refractivity contribution in [2.75, 3.05) is 37.8 Å². The lowest BCUT2D eigenvalue weighted by Crippen LogP contribution is -3.00. The molecule has 3 aromatic carbocycles. The second kappa shape index (κ2) is 14.8. The van der Waals surface area contributed by atoms with Gasteiger partial charge in [-0.05, 0) is 48.2 Å². The second-order valence-electron chi connectivity index (χ2n) is 11.2. The SMILES string of the molecule is C[N+]1(C)CCC(OC(=O)Nc2cc(CCCC(=O)Nc3ccc(C=O)c(C(F)(F)F)c3)ccc2-c2ccccc2)CC1.[I-]. The van der Waals surface area contributed by atoms with Crippen molar-refractivity contribution >= 4 is 29.7 Å². The molecule has 4 rings (SSSR count). The van der Waals surface area contributed by atoms with Crippen molar-refractivity contribution in [2.24, 2.45) is 0 Å². The summed E-state index contributed by atoms with van der Waals surface area (Å²) in [4.78, 5) is 36.3. The van der Waals surface area contributed by atoms with Crippen LogP contribution >= 0.6 is 0 Å². The van der Waals surface area contributed by atoms with Gasteiger partial charge in [-0.1, -0.05) is 42.5 Å². The summed E-state index contributed by atoms with van der Waals surface area (Å²) < 4.78 is 46.3. The largest absolute Gasteiger partial charge is 1.00 e. The number of hydrogen-bond acceptors (Lipinski definition) is 4. The number of halogens is 4. The number of nitrogens with zero attached hydrogens (tertiary/aromatic N) is 1. The van der Waals surface area contributed by atoms with Crippen LogP contribution in [0.4, 0.5) is 29.3 Å². The van der Waals surface area contributed by atoms with Gasteiger partial charge >= 0.3 is 12.3 Å². The van der Waals surface area contributed by atoms with Crippen LogP contribution in [0.3, 0.4) is 0 Å². The van der Waals surface area contributed by atoms with Crippen molar-refractivity contribution in [3.8, 4) is 11.1 Å². The molecule has 2 amide bonds. The third kappa shape index (κ3) is 9.78. The van der Waals surface area contributed by atoms with Gasteiger partial charge in [-0.2, -0.15) is 13.2 Å². The smallest absolute Gasteiger partial charge is 0.417 e. The number of hydrogen-bond donors (Lipinski definition) is 2. The molecule has 230 valence electrons. The summed E-state index contributed by atoms with van der Waals surface area (Å²) >= 11 is 0. The molecular weight excluding hydrogens is 674 g/mol. The van der Waals surface area contributed by atoms with Crippen LogP contribution in [0.1, 0.15) is 47.2 Å². The molecule has 0 saturated carbocycles. The van der Waals surface area contributed by atoms with E-state index >= 15 is 0 Å². The molecule has 1 aliphatic rings. The summed E-state index contributed by atoms with van der Waals surface area (Å²) in [5, 5.41) is 5.39. The quantitative estimate of drug-likeness (QED) is 0.201. The predicted molar refractivity (Wildman–Crippen MR) is 155 cm³/mol. The molecular formula is C32H35F3IN3O4. The fraction of sp³-hybridized carbons (Fsp3) is 0.344. The Labute approximate surface area is 266 Å². The number of piperidine rings is 1. The number of likely N-dealkylation sites (tertiary alicyclic amines) is 1. The van der Waals surface area contributed by atoms with E-state index in [1.807, 2.05) is 48.5 Å². The van der Waals surface area contributed by atoms with Gasteiger partial charge in [0, 0.05) is 36.1 Å². The van der Waals surface area contributed by atoms with Crippen LogP contribution in [0.5, 0.6) is 0 Å². The van der Waals surface area contributed by atoms with Gasteiger partial charge < -0.3 is 38.5 Å². The minimum atomic E-state index is -4.71. The van der Waals surface area contributed by atoms with Crippen LogP contribution in [0, 0.1) is 0 Å². The van der Waals surface area contributed by atoms with Crippen LogP contribution in [-0.2, 0) is 22.1 Å². The summed E-state index contributed by atoms with van der Waals surface area (Å²) in [5.74, 6) is -0.445. The first-order chi connectivity index (χ1) is 19.9. The number of benzene rings is 3. The van der Waals surface area contributed by atoms with Crippen LogP contribution in [0.2, 0.25) is 0 Å². The molecule has 0 atom stereocenters. The van der Waals surface area contributed by atoms with Crippen molar-refractivity contribution in [1.82, 2.24) is 0 Å². The van der Waals surface area contributed by atoms with E-state index in [0.717, 1.165) is 59.2 Å². The first-order valence-electron chi connectivity index (χ1n) is 13.9. The van der Waals surface area contributed by atoms with Gasteiger partial charge in [0.25, 0.3) is 0 Å². The zero-order valence-electron chi connectivity index (χ0n) is 24.0. The normalized spacial score (nSPS) is 14.7. The highest BCUT2D eigenvalue weighted by atomic mass is 127. The van der Waals surface area contributed by atoms with Crippen LogP contribution in [-0.4, -0.2) is 56.1 Å². The molecule has 1 saturated heterocycles. The van der Waals surface area contributed by atoms with Gasteiger partial charge in [0.05, 0.1) is 38.4 Å². The fourth-order valence-electron chi connectivity index (χ4n) is 5.03. The van der Waals surface area contributed by atoms with Gasteiger partial charge in [0.2, 0.25) is 5.91 Å². The van der Waals surface area contributed by atoms with Crippen molar-refractivity contribution in [3.05, 3.63) is 83.4 Å². The standard InChI is InChI=1S/C32H34F3N3O4.HI/c1-38(2)17-15-26(16-18-38)42-31(41)37-29-19-22(11-14-27(29)23-8-4-3-5-9-23)7-6-10-30(40)36-25-13-12-24(21-39)28(20-25)32(33,34)35;/h3-5,8-9,11-14,19-21,26H,6-7,10,15-18H2,1-2H3,(H-,36,37,39,40,41);1H. The van der Waals surface area contributed by atoms with Gasteiger partial charge in [-0.3, -0.25) is 14.9 Å². The monoisotopic (exact) mass is 709 g/mol. The molecule has 7 nitrogen and oxygen atoms in total. The van der Waals surface area contributed by atoms with E-state index in [9.17, 15) is 27.6 Å². The highest BCUT2D eigenvalue weighted by molar-refractivity contribution is 5.92. The zero-order valence-corrected chi connectivity index (χ0v) is 26.2. The average Bonchev–Trinajstić information content (AvgIpc) is 2.94. The van der Waals surface area contributed by atoms with E-state index < -0.39 is 29.3 Å². The summed E-state index contributed by atoms with van der Waals surface area (Å²) in [6.07, 6.45) is -2.64. The maximum absolute atomic E-state index is 13.2. The maximum atomic E-state index is 13.2. The Morgan fingerprint density at radius 1 is 0.977 bits per heavy atom. The van der Waals surface area contributed by atoms with Crippen LogP contribution < -0.4 is 34.6 Å². The Balaban J connectivity index is 0.00000506. The van der Waals surface area contributed by atoms with E-state index in [-0.39, 0.29) is 48.5 Å². The Kier molecular flexibility index (Phi) is 11.7. The molecule has 2 N–H and O–H groups in total. The predicted octanol–water partition coefficient (Wildman–Crippen LogP) is 3.94. The van der Waals surface area contributed by atoms with E-state index in [4.69, 9.17) is 4.74 Å². The number of aldehydes is 1. The fourth-order valence-corrected chi connectivity index (χ4v) is 5.03. The number of rotatable bonds is 9. The average molecular weight is 710 g/mol. The second-order valence-corrected chi connectivity index (χ2v) is 11.2. The highest BCUT2D eigenvalue weighted by Crippen LogP contribution is 2.33. The van der Waals surface area contributed by atoms with E-state index in [0.29, 0.717) is 18.5 Å². The summed E-state index contributed by atoms with van der Waals surface area (Å²) in [5.41, 5.74) is 1.60. The molecule has 0 radical (unpaired) electrons. The third-order valence-electron chi connectivity index (χ3n) is 7.43. The maximum Gasteiger partial charge on any atom is 0.417 e. The van der Waals surface area contributed by atoms with E-state index in [2.05, 4.69) is 24.7 Å². The first-order valence-corrected chi connectivity index (χ1v) is 13.9. The number of quaternary nitrogens is 1. The van der Waals surface area contributed by atoms with Crippen LogP contribution in [0.25, 0.3) is 11.1 Å². The summed E-state index contributed by atoms with van der Waals surface area (Å²) in [6, 6.07) is 18.4. The molecule has 0 aromatic heterocycles. The Hall–Kier alpha value is -3.45. The Bertz CT molecular complexity index is 1420. The molecule has 11 heteroatoms. The van der Waals surface area contributed by atoms with Gasteiger partial charge in [0.1, 0.15) is 6.10 Å². The number of carbonyl (C=O) groups is 3. The number of nitrogens with one attached hydrogen (secondary N) is 2. The van der Waals surface area contributed by atoms with Crippen LogP contribution in [0.15, 0.2) is 66.7 Å². The molecule has 0 spiro atoms.